The van der Waals surface area contributed by atoms with E-state index in [2.05, 4.69) is 15.5 Å². The Balaban J connectivity index is 1.42. The molecule has 32 heavy (non-hydrogen) atoms. The minimum Gasteiger partial charge on any atom is -0.504 e. The van der Waals surface area contributed by atoms with Crippen molar-refractivity contribution < 1.29 is 23.0 Å². The van der Waals surface area contributed by atoms with Crippen LogP contribution in [0.1, 0.15) is 5.56 Å². The van der Waals surface area contributed by atoms with Gasteiger partial charge in [0.2, 0.25) is 15.2 Å². The van der Waals surface area contributed by atoms with Crippen molar-refractivity contribution in [3.05, 3.63) is 53.4 Å². The molecule has 168 valence electrons. The number of ether oxygens (including phenoxy) is 2. The van der Waals surface area contributed by atoms with Crippen molar-refractivity contribution in [3.8, 4) is 22.8 Å². The Labute approximate surface area is 190 Å². The number of methoxy groups -OCH3 is 1. The molecular formula is C21H22N4O5S2. The highest BCUT2D eigenvalue weighted by Gasteiger charge is 2.26. The Morgan fingerprint density at radius 3 is 2.69 bits per heavy atom. The fourth-order valence-corrected chi connectivity index (χ4v) is 5.20. The maximum absolute atomic E-state index is 12.7. The SMILES string of the molecule is COc1cc(C=NNc2nc(-c3ccc(S(=O)(=O)N4CCOCC4)cc3)cs2)ccc1O. The molecular weight excluding hydrogens is 452 g/mol. The summed E-state index contributed by atoms with van der Waals surface area (Å²) >= 11 is 1.38. The number of phenols is 1. The summed E-state index contributed by atoms with van der Waals surface area (Å²) in [6.45, 7) is 1.55. The van der Waals surface area contributed by atoms with Crippen LogP contribution >= 0.6 is 11.3 Å². The van der Waals surface area contributed by atoms with E-state index in [9.17, 15) is 13.5 Å². The third-order valence-corrected chi connectivity index (χ3v) is 7.50. The van der Waals surface area contributed by atoms with Crippen LogP contribution in [0.5, 0.6) is 11.5 Å². The predicted molar refractivity (Wildman–Crippen MR) is 123 cm³/mol. The van der Waals surface area contributed by atoms with E-state index in [0.29, 0.717) is 42.9 Å². The van der Waals surface area contributed by atoms with Crippen LogP contribution in [0, 0.1) is 0 Å². The van der Waals surface area contributed by atoms with E-state index in [4.69, 9.17) is 9.47 Å². The van der Waals surface area contributed by atoms with E-state index in [1.54, 1.807) is 42.6 Å². The van der Waals surface area contributed by atoms with Crippen LogP contribution in [0.25, 0.3) is 11.3 Å². The molecule has 3 aromatic rings. The molecule has 2 N–H and O–H groups in total. The molecule has 1 fully saturated rings. The van der Waals surface area contributed by atoms with Crippen molar-refractivity contribution >= 4 is 32.7 Å². The third kappa shape index (κ3) is 4.91. The summed E-state index contributed by atoms with van der Waals surface area (Å²) in [4.78, 5) is 4.75. The molecule has 4 rings (SSSR count). The zero-order valence-electron chi connectivity index (χ0n) is 17.3. The molecule has 0 saturated carbocycles. The highest BCUT2D eigenvalue weighted by molar-refractivity contribution is 7.89. The lowest BCUT2D eigenvalue weighted by atomic mass is 10.2. The number of nitrogens with zero attached hydrogens (tertiary/aromatic N) is 3. The van der Waals surface area contributed by atoms with Crippen molar-refractivity contribution in [1.82, 2.24) is 9.29 Å². The normalized spacial score (nSPS) is 15.2. The van der Waals surface area contributed by atoms with E-state index in [1.165, 1.54) is 28.8 Å². The van der Waals surface area contributed by atoms with Crippen molar-refractivity contribution in [3.63, 3.8) is 0 Å². The average Bonchev–Trinajstić information content (AvgIpc) is 3.30. The van der Waals surface area contributed by atoms with Crippen molar-refractivity contribution in [1.29, 1.82) is 0 Å². The lowest BCUT2D eigenvalue weighted by Crippen LogP contribution is -2.40. The lowest BCUT2D eigenvalue weighted by Gasteiger charge is -2.26. The standard InChI is InChI=1S/C21H22N4O5S2/c1-29-20-12-15(2-7-19(20)26)13-22-24-21-23-18(14-31-21)16-3-5-17(6-4-16)32(27,28)25-8-10-30-11-9-25/h2-7,12-14,26H,8-11H2,1H3,(H,23,24). The fraction of sp³-hybridized carbons (Fsp3) is 0.238. The molecule has 1 aromatic heterocycles. The van der Waals surface area contributed by atoms with Crippen LogP contribution < -0.4 is 10.2 Å². The van der Waals surface area contributed by atoms with Crippen molar-refractivity contribution in [2.45, 2.75) is 4.90 Å². The second-order valence-electron chi connectivity index (χ2n) is 6.88. The number of rotatable bonds is 7. The van der Waals surface area contributed by atoms with Gasteiger partial charge >= 0.3 is 0 Å². The molecule has 1 aliphatic rings. The van der Waals surface area contributed by atoms with E-state index in [1.807, 2.05) is 5.38 Å². The summed E-state index contributed by atoms with van der Waals surface area (Å²) in [5.41, 5.74) is 5.15. The van der Waals surface area contributed by atoms with Crippen LogP contribution in [-0.4, -0.2) is 62.4 Å². The molecule has 2 aromatic carbocycles. The summed E-state index contributed by atoms with van der Waals surface area (Å²) in [5, 5.41) is 16.3. The smallest absolute Gasteiger partial charge is 0.243 e. The summed E-state index contributed by atoms with van der Waals surface area (Å²) in [6.07, 6.45) is 1.59. The molecule has 1 saturated heterocycles. The summed E-state index contributed by atoms with van der Waals surface area (Å²) < 4.78 is 37.2. The zero-order valence-corrected chi connectivity index (χ0v) is 18.9. The number of aromatic hydroxyl groups is 1. The second kappa shape index (κ2) is 9.65. The maximum atomic E-state index is 12.7. The molecule has 0 unspecified atom stereocenters. The zero-order chi connectivity index (χ0) is 22.6. The van der Waals surface area contributed by atoms with Gasteiger partial charge in [-0.25, -0.2) is 13.4 Å². The number of morpholine rings is 1. The van der Waals surface area contributed by atoms with Crippen molar-refractivity contribution in [2.24, 2.45) is 5.10 Å². The monoisotopic (exact) mass is 474 g/mol. The van der Waals surface area contributed by atoms with Crippen LogP contribution in [-0.2, 0) is 14.8 Å². The topological polar surface area (TPSA) is 113 Å². The highest BCUT2D eigenvalue weighted by atomic mass is 32.2. The summed E-state index contributed by atoms with van der Waals surface area (Å²) in [7, 11) is -2.04. The van der Waals surface area contributed by atoms with Gasteiger partial charge in [0, 0.05) is 24.0 Å². The highest BCUT2D eigenvalue weighted by Crippen LogP contribution is 2.28. The van der Waals surface area contributed by atoms with Crippen LogP contribution in [0.3, 0.4) is 0 Å². The van der Waals surface area contributed by atoms with Gasteiger partial charge < -0.3 is 14.6 Å². The average molecular weight is 475 g/mol. The fourth-order valence-electron chi connectivity index (χ4n) is 3.13. The quantitative estimate of drug-likeness (QED) is 0.400. The van der Waals surface area contributed by atoms with Gasteiger partial charge in [-0.2, -0.15) is 9.41 Å². The number of hydrogen-bond donors (Lipinski definition) is 2. The van der Waals surface area contributed by atoms with Gasteiger partial charge in [0.25, 0.3) is 0 Å². The first-order chi connectivity index (χ1) is 15.5. The van der Waals surface area contributed by atoms with Crippen LogP contribution in [0.2, 0.25) is 0 Å². The van der Waals surface area contributed by atoms with E-state index >= 15 is 0 Å². The molecule has 0 aliphatic carbocycles. The number of nitrogens with one attached hydrogen (secondary N) is 1. The number of benzene rings is 2. The maximum Gasteiger partial charge on any atom is 0.243 e. The number of hydrogen-bond acceptors (Lipinski definition) is 9. The molecule has 1 aliphatic heterocycles. The van der Waals surface area contributed by atoms with Gasteiger partial charge in [-0.15, -0.1) is 11.3 Å². The first kappa shape index (κ1) is 22.2. The Kier molecular flexibility index (Phi) is 6.70. The Hall–Kier alpha value is -2.99. The number of phenolic OH excluding ortho intramolecular Hbond substituents is 1. The van der Waals surface area contributed by atoms with Crippen LogP contribution in [0.15, 0.2) is 57.8 Å². The Morgan fingerprint density at radius 2 is 1.97 bits per heavy atom. The Morgan fingerprint density at radius 1 is 1.22 bits per heavy atom. The van der Waals surface area contributed by atoms with E-state index in [-0.39, 0.29) is 10.6 Å². The number of thiazole rings is 1. The first-order valence-electron chi connectivity index (χ1n) is 9.77. The number of hydrazone groups is 1. The number of aromatic nitrogens is 1. The minimum atomic E-state index is -3.52. The predicted octanol–water partition coefficient (Wildman–Crippen LogP) is 2.99. The summed E-state index contributed by atoms with van der Waals surface area (Å²) in [6, 6.07) is 11.6. The summed E-state index contributed by atoms with van der Waals surface area (Å²) in [5.74, 6) is 0.426. The minimum absolute atomic E-state index is 0.0611. The first-order valence-corrected chi connectivity index (χ1v) is 12.1. The lowest BCUT2D eigenvalue weighted by molar-refractivity contribution is 0.0730. The largest absolute Gasteiger partial charge is 0.504 e. The van der Waals surface area contributed by atoms with Gasteiger partial charge in [0.05, 0.1) is 37.1 Å². The molecule has 0 atom stereocenters. The second-order valence-corrected chi connectivity index (χ2v) is 9.68. The van der Waals surface area contributed by atoms with Gasteiger partial charge in [-0.05, 0) is 35.9 Å². The van der Waals surface area contributed by atoms with Crippen LogP contribution in [0.4, 0.5) is 5.13 Å². The molecule has 2 heterocycles. The van der Waals surface area contributed by atoms with Crippen molar-refractivity contribution in [2.75, 3.05) is 38.8 Å². The molecule has 0 radical (unpaired) electrons. The number of sulfonamides is 1. The van der Waals surface area contributed by atoms with E-state index in [0.717, 1.165) is 11.1 Å². The molecule has 9 nitrogen and oxygen atoms in total. The van der Waals surface area contributed by atoms with Gasteiger partial charge in [0.15, 0.2) is 11.5 Å². The molecule has 11 heteroatoms. The third-order valence-electron chi connectivity index (χ3n) is 4.84. The van der Waals surface area contributed by atoms with Gasteiger partial charge in [-0.1, -0.05) is 12.1 Å². The van der Waals surface area contributed by atoms with Gasteiger partial charge in [0.1, 0.15) is 0 Å². The number of anilines is 1. The van der Waals surface area contributed by atoms with Gasteiger partial charge in [-0.3, -0.25) is 5.43 Å². The molecule has 0 spiro atoms. The Bertz CT molecular complexity index is 1200. The molecule has 0 amide bonds. The van der Waals surface area contributed by atoms with E-state index < -0.39 is 10.0 Å². The molecule has 0 bridgehead atoms.